The summed E-state index contributed by atoms with van der Waals surface area (Å²) in [5, 5.41) is 6.43. The number of hydrogen-bond acceptors (Lipinski definition) is 3. The number of anilines is 1. The Bertz CT molecular complexity index is 478. The fraction of sp³-hybridized carbons (Fsp3) is 0.500. The average molecular weight is 260 g/mol. The number of nitrogen functional groups attached to an aromatic ring is 1. The van der Waals surface area contributed by atoms with Crippen LogP contribution >= 0.6 is 0 Å². The largest absolute Gasteiger partial charge is 0.399 e. The lowest BCUT2D eigenvalue weighted by Gasteiger charge is -2.30. The van der Waals surface area contributed by atoms with Gasteiger partial charge in [-0.05, 0) is 30.5 Å². The fourth-order valence-corrected chi connectivity index (χ4v) is 2.60. The van der Waals surface area contributed by atoms with E-state index in [0.717, 1.165) is 50.3 Å². The van der Waals surface area contributed by atoms with Crippen molar-refractivity contribution in [2.75, 3.05) is 31.9 Å². The average Bonchev–Trinajstić information content (AvgIpc) is 3.21. The molecule has 1 aliphatic heterocycles. The number of piperazine rings is 1. The second-order valence-electron chi connectivity index (χ2n) is 5.37. The predicted octanol–water partition coefficient (Wildman–Crippen LogP) is 0.873. The Morgan fingerprint density at radius 1 is 1.32 bits per heavy atom. The molecular formula is C14H20N4O. The topological polar surface area (TPSA) is 70.4 Å². The zero-order chi connectivity index (χ0) is 13.3. The lowest BCUT2D eigenvalue weighted by molar-refractivity contribution is 0.185. The van der Waals surface area contributed by atoms with Crippen LogP contribution in [0.25, 0.3) is 0 Å². The summed E-state index contributed by atoms with van der Waals surface area (Å²) in [5.74, 6) is 0. The summed E-state index contributed by atoms with van der Waals surface area (Å²) in [7, 11) is 0. The van der Waals surface area contributed by atoms with Gasteiger partial charge in [-0.25, -0.2) is 4.79 Å². The van der Waals surface area contributed by atoms with Crippen molar-refractivity contribution < 1.29 is 4.79 Å². The number of carbonyl (C=O) groups is 1. The molecule has 0 atom stereocenters. The van der Waals surface area contributed by atoms with E-state index in [1.165, 1.54) is 0 Å². The van der Waals surface area contributed by atoms with Gasteiger partial charge in [-0.15, -0.1) is 0 Å². The van der Waals surface area contributed by atoms with Crippen LogP contribution in [0.4, 0.5) is 10.5 Å². The SMILES string of the molecule is Nc1cccc(C2(NC(=O)N3CCNCC3)CC2)c1. The Kier molecular flexibility index (Phi) is 3.06. The molecule has 0 aromatic heterocycles. The van der Waals surface area contributed by atoms with Crippen molar-refractivity contribution in [1.82, 2.24) is 15.5 Å². The highest BCUT2D eigenvalue weighted by Crippen LogP contribution is 2.46. The van der Waals surface area contributed by atoms with Gasteiger partial charge < -0.3 is 21.3 Å². The molecule has 1 aromatic carbocycles. The summed E-state index contributed by atoms with van der Waals surface area (Å²) in [6.07, 6.45) is 1.99. The Labute approximate surface area is 113 Å². The number of nitrogens with two attached hydrogens (primary N) is 1. The number of rotatable bonds is 2. The first-order valence-corrected chi connectivity index (χ1v) is 6.83. The highest BCUT2D eigenvalue weighted by Gasteiger charge is 2.46. The van der Waals surface area contributed by atoms with E-state index in [9.17, 15) is 4.79 Å². The maximum Gasteiger partial charge on any atom is 0.318 e. The molecule has 2 amide bonds. The summed E-state index contributed by atoms with van der Waals surface area (Å²) >= 11 is 0. The van der Waals surface area contributed by atoms with E-state index in [1.54, 1.807) is 0 Å². The summed E-state index contributed by atoms with van der Waals surface area (Å²) in [5.41, 5.74) is 7.51. The molecule has 0 spiro atoms. The van der Waals surface area contributed by atoms with Crippen LogP contribution in [0.15, 0.2) is 24.3 Å². The molecule has 1 saturated heterocycles. The second kappa shape index (κ2) is 4.74. The van der Waals surface area contributed by atoms with Gasteiger partial charge in [0.1, 0.15) is 0 Å². The van der Waals surface area contributed by atoms with E-state index in [-0.39, 0.29) is 11.6 Å². The molecule has 2 aliphatic rings. The predicted molar refractivity (Wildman–Crippen MR) is 74.7 cm³/mol. The zero-order valence-electron chi connectivity index (χ0n) is 11.0. The van der Waals surface area contributed by atoms with Gasteiger partial charge in [-0.3, -0.25) is 0 Å². The van der Waals surface area contributed by atoms with Gasteiger partial charge in [0.2, 0.25) is 0 Å². The number of nitrogens with zero attached hydrogens (tertiary/aromatic N) is 1. The standard InChI is InChI=1S/C14H20N4O/c15-12-3-1-2-11(10-12)14(4-5-14)17-13(19)18-8-6-16-7-9-18/h1-3,10,16H,4-9,15H2,(H,17,19). The van der Waals surface area contributed by atoms with Crippen molar-refractivity contribution in [3.05, 3.63) is 29.8 Å². The third kappa shape index (κ3) is 2.51. The number of hydrogen-bond donors (Lipinski definition) is 3. The molecule has 4 N–H and O–H groups in total. The zero-order valence-corrected chi connectivity index (χ0v) is 11.0. The van der Waals surface area contributed by atoms with Crippen LogP contribution in [-0.2, 0) is 5.54 Å². The van der Waals surface area contributed by atoms with E-state index >= 15 is 0 Å². The third-order valence-corrected chi connectivity index (χ3v) is 3.94. The van der Waals surface area contributed by atoms with Crippen LogP contribution in [-0.4, -0.2) is 37.1 Å². The Balaban J connectivity index is 1.70. The quantitative estimate of drug-likeness (QED) is 0.691. The van der Waals surface area contributed by atoms with Crippen LogP contribution in [0.5, 0.6) is 0 Å². The molecule has 3 rings (SSSR count). The number of nitrogens with one attached hydrogen (secondary N) is 2. The van der Waals surface area contributed by atoms with Crippen LogP contribution in [0, 0.1) is 0 Å². The molecule has 1 heterocycles. The number of amides is 2. The second-order valence-corrected chi connectivity index (χ2v) is 5.37. The van der Waals surface area contributed by atoms with Gasteiger partial charge in [0.25, 0.3) is 0 Å². The molecule has 1 saturated carbocycles. The first-order valence-electron chi connectivity index (χ1n) is 6.83. The Morgan fingerprint density at radius 2 is 2.05 bits per heavy atom. The summed E-state index contributed by atoms with van der Waals surface area (Å²) in [6.45, 7) is 3.30. The molecular weight excluding hydrogens is 240 g/mol. The van der Waals surface area contributed by atoms with E-state index < -0.39 is 0 Å². The van der Waals surface area contributed by atoms with Gasteiger partial charge >= 0.3 is 6.03 Å². The molecule has 0 bridgehead atoms. The molecule has 102 valence electrons. The van der Waals surface area contributed by atoms with E-state index in [1.807, 2.05) is 29.2 Å². The lowest BCUT2D eigenvalue weighted by Crippen LogP contribution is -2.52. The number of urea groups is 1. The maximum absolute atomic E-state index is 12.3. The van der Waals surface area contributed by atoms with Gasteiger partial charge in [0, 0.05) is 31.9 Å². The van der Waals surface area contributed by atoms with Crippen molar-refractivity contribution in [2.45, 2.75) is 18.4 Å². The minimum absolute atomic E-state index is 0.0430. The highest BCUT2D eigenvalue weighted by atomic mass is 16.2. The van der Waals surface area contributed by atoms with Gasteiger partial charge in [-0.2, -0.15) is 0 Å². The van der Waals surface area contributed by atoms with Gasteiger partial charge in [0.05, 0.1) is 5.54 Å². The van der Waals surface area contributed by atoms with Crippen molar-refractivity contribution >= 4 is 11.7 Å². The van der Waals surface area contributed by atoms with Gasteiger partial charge in [-0.1, -0.05) is 12.1 Å². The van der Waals surface area contributed by atoms with Crippen LogP contribution in [0.2, 0.25) is 0 Å². The third-order valence-electron chi connectivity index (χ3n) is 3.94. The molecule has 5 nitrogen and oxygen atoms in total. The minimum Gasteiger partial charge on any atom is -0.399 e. The summed E-state index contributed by atoms with van der Waals surface area (Å²) in [6, 6.07) is 7.87. The first kappa shape index (κ1) is 12.3. The summed E-state index contributed by atoms with van der Waals surface area (Å²) < 4.78 is 0. The lowest BCUT2D eigenvalue weighted by atomic mass is 10.0. The van der Waals surface area contributed by atoms with Crippen molar-refractivity contribution in [3.8, 4) is 0 Å². The van der Waals surface area contributed by atoms with E-state index in [0.29, 0.717) is 0 Å². The first-order chi connectivity index (χ1) is 9.20. The number of carbonyl (C=O) groups excluding carboxylic acids is 1. The molecule has 2 fully saturated rings. The summed E-state index contributed by atoms with van der Waals surface area (Å²) in [4.78, 5) is 14.1. The van der Waals surface area contributed by atoms with E-state index in [2.05, 4.69) is 10.6 Å². The minimum atomic E-state index is -0.183. The van der Waals surface area contributed by atoms with Crippen LogP contribution in [0.3, 0.4) is 0 Å². The van der Waals surface area contributed by atoms with Crippen molar-refractivity contribution in [2.24, 2.45) is 0 Å². The van der Waals surface area contributed by atoms with Crippen LogP contribution < -0.4 is 16.4 Å². The molecule has 19 heavy (non-hydrogen) atoms. The molecule has 1 aromatic rings. The van der Waals surface area contributed by atoms with Crippen LogP contribution in [0.1, 0.15) is 18.4 Å². The molecule has 5 heteroatoms. The van der Waals surface area contributed by atoms with E-state index in [4.69, 9.17) is 5.73 Å². The fourth-order valence-electron chi connectivity index (χ4n) is 2.60. The normalized spacial score (nSPS) is 20.9. The molecule has 0 unspecified atom stereocenters. The van der Waals surface area contributed by atoms with Gasteiger partial charge in [0.15, 0.2) is 0 Å². The monoisotopic (exact) mass is 260 g/mol. The molecule has 0 radical (unpaired) electrons. The Hall–Kier alpha value is -1.75. The smallest absolute Gasteiger partial charge is 0.318 e. The Morgan fingerprint density at radius 3 is 2.68 bits per heavy atom. The molecule has 1 aliphatic carbocycles. The van der Waals surface area contributed by atoms with Crippen molar-refractivity contribution in [3.63, 3.8) is 0 Å². The van der Waals surface area contributed by atoms with Crippen molar-refractivity contribution in [1.29, 1.82) is 0 Å². The maximum atomic E-state index is 12.3. The number of benzene rings is 1. The highest BCUT2D eigenvalue weighted by molar-refractivity contribution is 5.76.